The average Bonchev–Trinajstić information content (AvgIpc) is 2.55. The summed E-state index contributed by atoms with van der Waals surface area (Å²) in [5, 5.41) is 11.9. The van der Waals surface area contributed by atoms with Crippen LogP contribution in [0.1, 0.15) is 19.8 Å². The summed E-state index contributed by atoms with van der Waals surface area (Å²) in [5.74, 6) is -0.391. The summed E-state index contributed by atoms with van der Waals surface area (Å²) < 4.78 is 0. The molecule has 5 heteroatoms. The van der Waals surface area contributed by atoms with E-state index in [0.717, 1.165) is 0 Å². The van der Waals surface area contributed by atoms with Crippen molar-refractivity contribution in [3.63, 3.8) is 0 Å². The van der Waals surface area contributed by atoms with Gasteiger partial charge in [0.05, 0.1) is 12.0 Å². The van der Waals surface area contributed by atoms with E-state index in [9.17, 15) is 14.7 Å². The fourth-order valence-electron chi connectivity index (χ4n) is 1.55. The molecule has 5 nitrogen and oxygen atoms in total. The number of carbonyl (C=O) groups excluding carboxylic acids is 2. The lowest BCUT2D eigenvalue weighted by Crippen LogP contribution is -2.37. The summed E-state index contributed by atoms with van der Waals surface area (Å²) in [7, 11) is 1.69. The molecule has 15 heavy (non-hydrogen) atoms. The van der Waals surface area contributed by atoms with Crippen LogP contribution in [0.25, 0.3) is 0 Å². The van der Waals surface area contributed by atoms with Crippen LogP contribution in [-0.2, 0) is 9.59 Å². The molecular formula is C10H18N2O3. The van der Waals surface area contributed by atoms with Gasteiger partial charge in [0.25, 0.3) is 0 Å². The van der Waals surface area contributed by atoms with Crippen molar-refractivity contribution in [1.29, 1.82) is 0 Å². The molecule has 1 heterocycles. The standard InChI is InChI=1S/C10H18N2O3/c1-3-8(13)5-11-10(15)7-4-9(14)12(2)6-7/h7-8,13H,3-6H2,1-2H3,(H,11,15). The highest BCUT2D eigenvalue weighted by Crippen LogP contribution is 2.15. The zero-order chi connectivity index (χ0) is 11.4. The summed E-state index contributed by atoms with van der Waals surface area (Å²) >= 11 is 0. The topological polar surface area (TPSA) is 69.6 Å². The Kier molecular flexibility index (Phi) is 4.08. The van der Waals surface area contributed by atoms with Gasteiger partial charge in [0.2, 0.25) is 11.8 Å². The van der Waals surface area contributed by atoms with Gasteiger partial charge >= 0.3 is 0 Å². The van der Waals surface area contributed by atoms with E-state index in [1.54, 1.807) is 11.9 Å². The number of carbonyl (C=O) groups is 2. The lowest BCUT2D eigenvalue weighted by Gasteiger charge is -2.13. The minimum atomic E-state index is -0.496. The second-order valence-corrected chi connectivity index (χ2v) is 3.98. The quantitative estimate of drug-likeness (QED) is 0.653. The van der Waals surface area contributed by atoms with Gasteiger partial charge < -0.3 is 15.3 Å². The van der Waals surface area contributed by atoms with E-state index in [0.29, 0.717) is 13.0 Å². The number of aliphatic hydroxyl groups is 1. The van der Waals surface area contributed by atoms with E-state index in [-0.39, 0.29) is 30.7 Å². The van der Waals surface area contributed by atoms with Gasteiger partial charge in [-0.2, -0.15) is 0 Å². The molecule has 0 aromatic heterocycles. The molecule has 0 saturated carbocycles. The molecule has 1 aliphatic heterocycles. The van der Waals surface area contributed by atoms with E-state index in [4.69, 9.17) is 0 Å². The maximum absolute atomic E-state index is 11.6. The smallest absolute Gasteiger partial charge is 0.225 e. The summed E-state index contributed by atoms with van der Waals surface area (Å²) in [6.45, 7) is 2.60. The number of hydrogen-bond donors (Lipinski definition) is 2. The first-order valence-corrected chi connectivity index (χ1v) is 5.24. The number of nitrogens with one attached hydrogen (secondary N) is 1. The molecule has 1 rings (SSSR count). The van der Waals surface area contributed by atoms with Crippen LogP contribution >= 0.6 is 0 Å². The van der Waals surface area contributed by atoms with Crippen LogP contribution in [0.15, 0.2) is 0 Å². The Bertz CT molecular complexity index is 255. The molecule has 0 aromatic carbocycles. The van der Waals surface area contributed by atoms with Crippen molar-refractivity contribution in [3.05, 3.63) is 0 Å². The third-order valence-electron chi connectivity index (χ3n) is 2.69. The Morgan fingerprint density at radius 2 is 2.40 bits per heavy atom. The zero-order valence-corrected chi connectivity index (χ0v) is 9.19. The third kappa shape index (κ3) is 3.20. The van der Waals surface area contributed by atoms with Gasteiger partial charge in [-0.25, -0.2) is 0 Å². The Morgan fingerprint density at radius 3 is 2.87 bits per heavy atom. The van der Waals surface area contributed by atoms with E-state index in [2.05, 4.69) is 5.32 Å². The van der Waals surface area contributed by atoms with Gasteiger partial charge in [-0.05, 0) is 6.42 Å². The molecule has 0 aromatic rings. The second kappa shape index (κ2) is 5.11. The van der Waals surface area contributed by atoms with Crippen molar-refractivity contribution in [2.24, 2.45) is 5.92 Å². The van der Waals surface area contributed by atoms with Crippen molar-refractivity contribution in [1.82, 2.24) is 10.2 Å². The van der Waals surface area contributed by atoms with Gasteiger partial charge in [-0.1, -0.05) is 6.92 Å². The maximum atomic E-state index is 11.6. The van der Waals surface area contributed by atoms with Gasteiger partial charge in [-0.15, -0.1) is 0 Å². The molecule has 2 N–H and O–H groups in total. The summed E-state index contributed by atoms with van der Waals surface area (Å²) in [5.41, 5.74) is 0. The van der Waals surface area contributed by atoms with Crippen LogP contribution in [-0.4, -0.2) is 48.1 Å². The molecule has 1 saturated heterocycles. The molecule has 86 valence electrons. The van der Waals surface area contributed by atoms with Gasteiger partial charge in [-0.3, -0.25) is 9.59 Å². The number of amides is 2. The fourth-order valence-corrected chi connectivity index (χ4v) is 1.55. The fraction of sp³-hybridized carbons (Fsp3) is 0.800. The largest absolute Gasteiger partial charge is 0.391 e. The van der Waals surface area contributed by atoms with E-state index in [1.807, 2.05) is 6.92 Å². The second-order valence-electron chi connectivity index (χ2n) is 3.98. The molecule has 2 atom stereocenters. The number of aliphatic hydroxyl groups excluding tert-OH is 1. The maximum Gasteiger partial charge on any atom is 0.225 e. The highest BCUT2D eigenvalue weighted by Gasteiger charge is 2.31. The number of hydrogen-bond acceptors (Lipinski definition) is 3. The Hall–Kier alpha value is -1.10. The molecule has 0 bridgehead atoms. The molecular weight excluding hydrogens is 196 g/mol. The average molecular weight is 214 g/mol. The molecule has 1 fully saturated rings. The van der Waals surface area contributed by atoms with Crippen molar-refractivity contribution in [2.75, 3.05) is 20.1 Å². The van der Waals surface area contributed by atoms with Gasteiger partial charge in [0.1, 0.15) is 0 Å². The normalized spacial score (nSPS) is 23.0. The Morgan fingerprint density at radius 1 is 1.73 bits per heavy atom. The van der Waals surface area contributed by atoms with E-state index >= 15 is 0 Å². The Labute approximate surface area is 89.4 Å². The van der Waals surface area contributed by atoms with Crippen molar-refractivity contribution < 1.29 is 14.7 Å². The van der Waals surface area contributed by atoms with Crippen molar-refractivity contribution in [2.45, 2.75) is 25.9 Å². The van der Waals surface area contributed by atoms with E-state index < -0.39 is 6.10 Å². The molecule has 2 unspecified atom stereocenters. The zero-order valence-electron chi connectivity index (χ0n) is 9.19. The van der Waals surface area contributed by atoms with Crippen LogP contribution in [0.4, 0.5) is 0 Å². The van der Waals surface area contributed by atoms with Crippen molar-refractivity contribution in [3.8, 4) is 0 Å². The highest BCUT2D eigenvalue weighted by molar-refractivity contribution is 5.89. The summed E-state index contributed by atoms with van der Waals surface area (Å²) in [4.78, 5) is 24.3. The third-order valence-corrected chi connectivity index (χ3v) is 2.69. The van der Waals surface area contributed by atoms with Gasteiger partial charge in [0, 0.05) is 26.6 Å². The minimum absolute atomic E-state index is 0.00573. The lowest BCUT2D eigenvalue weighted by molar-refractivity contribution is -0.128. The van der Waals surface area contributed by atoms with Crippen LogP contribution in [0.3, 0.4) is 0 Å². The first-order valence-electron chi connectivity index (χ1n) is 5.24. The van der Waals surface area contributed by atoms with E-state index in [1.165, 1.54) is 0 Å². The van der Waals surface area contributed by atoms with Crippen molar-refractivity contribution >= 4 is 11.8 Å². The van der Waals surface area contributed by atoms with Crippen LogP contribution < -0.4 is 5.32 Å². The lowest BCUT2D eigenvalue weighted by atomic mass is 10.1. The summed E-state index contributed by atoms with van der Waals surface area (Å²) in [6.07, 6.45) is 0.401. The first kappa shape index (κ1) is 12.0. The minimum Gasteiger partial charge on any atom is -0.391 e. The monoisotopic (exact) mass is 214 g/mol. The van der Waals surface area contributed by atoms with Crippen LogP contribution in [0, 0.1) is 5.92 Å². The SMILES string of the molecule is CCC(O)CNC(=O)C1CC(=O)N(C)C1. The Balaban J connectivity index is 2.32. The molecule has 0 aliphatic carbocycles. The highest BCUT2D eigenvalue weighted by atomic mass is 16.3. The number of nitrogens with zero attached hydrogens (tertiary/aromatic N) is 1. The summed E-state index contributed by atoms with van der Waals surface area (Å²) in [6, 6.07) is 0. The predicted octanol–water partition coefficient (Wildman–Crippen LogP) is -0.648. The molecule has 0 spiro atoms. The van der Waals surface area contributed by atoms with Gasteiger partial charge in [0.15, 0.2) is 0 Å². The number of likely N-dealkylation sites (tertiary alicyclic amines) is 1. The van der Waals surface area contributed by atoms with Crippen LogP contribution in [0.2, 0.25) is 0 Å². The molecule has 0 radical (unpaired) electrons. The predicted molar refractivity (Wildman–Crippen MR) is 55.1 cm³/mol. The molecule has 1 aliphatic rings. The molecule has 2 amide bonds. The number of rotatable bonds is 4. The van der Waals surface area contributed by atoms with Crippen LogP contribution in [0.5, 0.6) is 0 Å². The first-order chi connectivity index (χ1) is 7.04.